The molecular weight excluding hydrogens is 316 g/mol. The molecule has 0 aliphatic heterocycles. The van der Waals surface area contributed by atoms with Crippen molar-refractivity contribution in [2.24, 2.45) is 0 Å². The summed E-state index contributed by atoms with van der Waals surface area (Å²) in [5.74, 6) is -0.192. The minimum Gasteiger partial charge on any atom is -0.353 e. The van der Waals surface area contributed by atoms with Gasteiger partial charge in [-0.2, -0.15) is 0 Å². The Hall–Kier alpha value is -1.08. The molecule has 1 heterocycles. The van der Waals surface area contributed by atoms with E-state index in [0.29, 0.717) is 24.1 Å². The number of carbonyl (C=O) groups excluding carboxylic acids is 1. The molecule has 1 aromatic rings. The third kappa shape index (κ3) is 4.20. The zero-order valence-electron chi connectivity index (χ0n) is 12.1. The number of nitrogens with one attached hydrogen (secondary N) is 1. The fourth-order valence-electron chi connectivity index (χ4n) is 2.66. The van der Waals surface area contributed by atoms with E-state index < -0.39 is 9.84 Å². The summed E-state index contributed by atoms with van der Waals surface area (Å²) >= 11 is 5.83. The Bertz CT molecular complexity index is 607. The molecule has 6 nitrogen and oxygen atoms in total. The smallest absolute Gasteiger partial charge is 0.229 e. The summed E-state index contributed by atoms with van der Waals surface area (Å²) in [6.07, 6.45) is 4.09. The molecule has 0 radical (unpaired) electrons. The third-order valence-corrected chi connectivity index (χ3v) is 5.81. The molecule has 1 aliphatic carbocycles. The minimum atomic E-state index is -3.06. The van der Waals surface area contributed by atoms with Crippen molar-refractivity contribution in [3.05, 3.63) is 16.5 Å². The number of amides is 1. The predicted octanol–water partition coefficient (Wildman–Crippen LogP) is 1.65. The summed E-state index contributed by atoms with van der Waals surface area (Å²) in [5.41, 5.74) is 1.16. The van der Waals surface area contributed by atoms with Crippen LogP contribution in [0.15, 0.2) is 4.52 Å². The second-order valence-corrected chi connectivity index (χ2v) is 8.25. The van der Waals surface area contributed by atoms with Crippen LogP contribution in [0.25, 0.3) is 0 Å². The lowest BCUT2D eigenvalue weighted by Gasteiger charge is -2.28. The number of aryl methyl sites for hydroxylation is 1. The molecule has 1 aromatic heterocycles. The van der Waals surface area contributed by atoms with Crippen molar-refractivity contribution in [3.8, 4) is 0 Å². The number of hydrogen-bond donors (Lipinski definition) is 1. The van der Waals surface area contributed by atoms with Gasteiger partial charge in [-0.25, -0.2) is 8.42 Å². The van der Waals surface area contributed by atoms with Crippen molar-refractivity contribution < 1.29 is 17.7 Å². The van der Waals surface area contributed by atoms with Crippen LogP contribution in [-0.4, -0.2) is 37.0 Å². The first kappa shape index (κ1) is 16.3. The van der Waals surface area contributed by atoms with Gasteiger partial charge >= 0.3 is 0 Å². The Labute approximate surface area is 129 Å². The summed E-state index contributed by atoms with van der Waals surface area (Å²) < 4.78 is 28.0. The quantitative estimate of drug-likeness (QED) is 0.904. The maximum absolute atomic E-state index is 12.1. The summed E-state index contributed by atoms with van der Waals surface area (Å²) in [6.45, 7) is 1.72. The zero-order chi connectivity index (χ0) is 15.6. The molecule has 0 unspecified atom stereocenters. The topological polar surface area (TPSA) is 89.3 Å². The normalized spacial score (nSPS) is 23.0. The SMILES string of the molecule is Cc1noc(Cl)c1CC(=O)N[C@@H]1CCC[C@@H](S(C)(=O)=O)C1. The molecule has 2 atom stereocenters. The van der Waals surface area contributed by atoms with Crippen LogP contribution in [0.2, 0.25) is 5.22 Å². The largest absolute Gasteiger partial charge is 0.353 e. The monoisotopic (exact) mass is 334 g/mol. The number of aromatic nitrogens is 1. The van der Waals surface area contributed by atoms with E-state index in [-0.39, 0.29) is 28.8 Å². The van der Waals surface area contributed by atoms with Gasteiger partial charge < -0.3 is 9.84 Å². The van der Waals surface area contributed by atoms with Gasteiger partial charge in [0.15, 0.2) is 0 Å². The number of nitrogens with zero attached hydrogens (tertiary/aromatic N) is 1. The van der Waals surface area contributed by atoms with Crippen LogP contribution < -0.4 is 5.32 Å². The van der Waals surface area contributed by atoms with E-state index in [1.54, 1.807) is 6.92 Å². The molecule has 1 N–H and O–H groups in total. The van der Waals surface area contributed by atoms with E-state index in [1.165, 1.54) is 6.26 Å². The first-order chi connectivity index (χ1) is 9.77. The van der Waals surface area contributed by atoms with Gasteiger partial charge in [0.05, 0.1) is 17.4 Å². The molecule has 0 spiro atoms. The highest BCUT2D eigenvalue weighted by molar-refractivity contribution is 7.91. The Morgan fingerprint density at radius 2 is 2.19 bits per heavy atom. The molecular formula is C13H19ClN2O4S. The first-order valence-electron chi connectivity index (χ1n) is 6.86. The van der Waals surface area contributed by atoms with Gasteiger partial charge in [-0.15, -0.1) is 0 Å². The number of hydrogen-bond acceptors (Lipinski definition) is 5. The molecule has 118 valence electrons. The van der Waals surface area contributed by atoms with E-state index in [1.807, 2.05) is 0 Å². The fraction of sp³-hybridized carbons (Fsp3) is 0.692. The second-order valence-electron chi connectivity index (χ2n) is 5.58. The van der Waals surface area contributed by atoms with E-state index in [9.17, 15) is 13.2 Å². The molecule has 8 heteroatoms. The van der Waals surface area contributed by atoms with Crippen molar-refractivity contribution >= 4 is 27.3 Å². The average Bonchev–Trinajstić information content (AvgIpc) is 2.70. The van der Waals surface area contributed by atoms with Gasteiger partial charge in [-0.05, 0) is 37.8 Å². The van der Waals surface area contributed by atoms with E-state index >= 15 is 0 Å². The summed E-state index contributed by atoms with van der Waals surface area (Å²) in [5, 5.41) is 6.34. The van der Waals surface area contributed by atoms with Gasteiger partial charge in [0.2, 0.25) is 11.1 Å². The maximum Gasteiger partial charge on any atom is 0.229 e. The van der Waals surface area contributed by atoms with E-state index in [0.717, 1.165) is 12.8 Å². The summed E-state index contributed by atoms with van der Waals surface area (Å²) in [6, 6.07) is -0.107. The van der Waals surface area contributed by atoms with Crippen LogP contribution in [0.5, 0.6) is 0 Å². The molecule has 1 amide bonds. The Morgan fingerprint density at radius 1 is 1.48 bits per heavy atom. The highest BCUT2D eigenvalue weighted by atomic mass is 35.5. The van der Waals surface area contributed by atoms with Crippen LogP contribution in [0.4, 0.5) is 0 Å². The molecule has 2 rings (SSSR count). The predicted molar refractivity (Wildman–Crippen MR) is 79.0 cm³/mol. The fourth-order valence-corrected chi connectivity index (χ4v) is 4.08. The first-order valence-corrected chi connectivity index (χ1v) is 9.19. The molecule has 0 saturated heterocycles. The highest BCUT2D eigenvalue weighted by Gasteiger charge is 2.29. The van der Waals surface area contributed by atoms with Gasteiger partial charge in [-0.1, -0.05) is 11.6 Å². The lowest BCUT2D eigenvalue weighted by atomic mass is 9.94. The van der Waals surface area contributed by atoms with Gasteiger partial charge in [0.1, 0.15) is 9.84 Å². The molecule has 0 aromatic carbocycles. The molecule has 21 heavy (non-hydrogen) atoms. The minimum absolute atomic E-state index is 0.0915. The summed E-state index contributed by atoms with van der Waals surface area (Å²) in [4.78, 5) is 12.1. The van der Waals surface area contributed by atoms with Crippen LogP contribution in [0, 0.1) is 6.92 Å². The Balaban J connectivity index is 1.94. The number of halogens is 1. The van der Waals surface area contributed by atoms with Crippen LogP contribution in [0.1, 0.15) is 36.9 Å². The van der Waals surface area contributed by atoms with Crippen LogP contribution >= 0.6 is 11.6 Å². The molecule has 1 saturated carbocycles. The van der Waals surface area contributed by atoms with E-state index in [2.05, 4.69) is 10.5 Å². The van der Waals surface area contributed by atoms with Gasteiger partial charge in [-0.3, -0.25) is 4.79 Å². The summed E-state index contributed by atoms with van der Waals surface area (Å²) in [7, 11) is -3.06. The lowest BCUT2D eigenvalue weighted by Crippen LogP contribution is -2.42. The molecule has 1 fully saturated rings. The average molecular weight is 335 g/mol. The van der Waals surface area contributed by atoms with Crippen molar-refractivity contribution in [2.75, 3.05) is 6.26 Å². The van der Waals surface area contributed by atoms with Gasteiger partial charge in [0, 0.05) is 17.9 Å². The number of sulfone groups is 1. The molecule has 0 bridgehead atoms. The molecule has 1 aliphatic rings. The van der Waals surface area contributed by atoms with E-state index in [4.69, 9.17) is 16.1 Å². The zero-order valence-corrected chi connectivity index (χ0v) is 13.6. The number of rotatable bonds is 4. The standard InChI is InChI=1S/C13H19ClN2O4S/c1-8-11(13(14)20-16-8)7-12(17)15-9-4-3-5-10(6-9)21(2,18)19/h9-10H,3-7H2,1-2H3,(H,15,17)/t9-,10-/m1/s1. The van der Waals surface area contributed by atoms with Crippen molar-refractivity contribution in [1.82, 2.24) is 10.5 Å². The maximum atomic E-state index is 12.1. The Kier molecular flexibility index (Phi) is 4.93. The van der Waals surface area contributed by atoms with Crippen molar-refractivity contribution in [1.29, 1.82) is 0 Å². The number of carbonyl (C=O) groups is 1. The van der Waals surface area contributed by atoms with Crippen LogP contribution in [-0.2, 0) is 21.1 Å². The Morgan fingerprint density at radius 3 is 2.76 bits per heavy atom. The van der Waals surface area contributed by atoms with Crippen LogP contribution in [0.3, 0.4) is 0 Å². The lowest BCUT2D eigenvalue weighted by molar-refractivity contribution is -0.121. The van der Waals surface area contributed by atoms with Gasteiger partial charge in [0.25, 0.3) is 0 Å². The van der Waals surface area contributed by atoms with Crippen molar-refractivity contribution in [3.63, 3.8) is 0 Å². The second kappa shape index (κ2) is 6.36. The highest BCUT2D eigenvalue weighted by Crippen LogP contribution is 2.24. The third-order valence-electron chi connectivity index (χ3n) is 3.87. The van der Waals surface area contributed by atoms with Crippen molar-refractivity contribution in [2.45, 2.75) is 50.3 Å².